The predicted molar refractivity (Wildman–Crippen MR) is 104 cm³/mol. The van der Waals surface area contributed by atoms with Crippen LogP contribution in [0.15, 0.2) is 36.4 Å². The van der Waals surface area contributed by atoms with E-state index in [-0.39, 0.29) is 24.3 Å². The quantitative estimate of drug-likeness (QED) is 0.657. The average Bonchev–Trinajstić information content (AvgIpc) is 3.24. The van der Waals surface area contributed by atoms with Gasteiger partial charge in [0.15, 0.2) is 0 Å². The average molecular weight is 412 g/mol. The molecule has 152 valence electrons. The van der Waals surface area contributed by atoms with Gasteiger partial charge in [-0.05, 0) is 24.3 Å². The number of halogens is 2. The molecule has 0 saturated carbocycles. The van der Waals surface area contributed by atoms with Crippen LogP contribution in [0.2, 0.25) is 0 Å². The minimum Gasteiger partial charge on any atom is -0.435 e. The summed E-state index contributed by atoms with van der Waals surface area (Å²) in [5.41, 5.74) is 2.11. The number of nitrogens with zero attached hydrogens (tertiary/aromatic N) is 3. The van der Waals surface area contributed by atoms with E-state index in [1.165, 1.54) is 18.2 Å². The van der Waals surface area contributed by atoms with E-state index in [1.807, 2.05) is 0 Å². The molecule has 3 aromatic rings. The van der Waals surface area contributed by atoms with Crippen LogP contribution in [0.1, 0.15) is 49.9 Å². The van der Waals surface area contributed by atoms with Crippen molar-refractivity contribution in [1.82, 2.24) is 14.5 Å². The van der Waals surface area contributed by atoms with Crippen LogP contribution in [0.3, 0.4) is 0 Å². The summed E-state index contributed by atoms with van der Waals surface area (Å²) >= 11 is 0. The highest BCUT2D eigenvalue weighted by atomic mass is 19.3. The molecule has 30 heavy (non-hydrogen) atoms. The van der Waals surface area contributed by atoms with Crippen molar-refractivity contribution < 1.29 is 27.5 Å². The first-order chi connectivity index (χ1) is 15.7. The van der Waals surface area contributed by atoms with Crippen molar-refractivity contribution in [2.45, 2.75) is 25.1 Å². The molecule has 0 fully saturated rings. The number of hydrogen-bond donors (Lipinski definition) is 1. The molecular weight excluding hydrogens is 392 g/mol. The van der Waals surface area contributed by atoms with E-state index in [1.54, 1.807) is 22.8 Å². The highest BCUT2D eigenvalue weighted by Crippen LogP contribution is 2.48. The summed E-state index contributed by atoms with van der Waals surface area (Å²) in [6, 6.07) is 7.78. The topological polar surface area (TPSA) is 67.6 Å². The van der Waals surface area contributed by atoms with Gasteiger partial charge in [0.25, 0.3) is 5.91 Å². The third kappa shape index (κ3) is 2.66. The summed E-state index contributed by atoms with van der Waals surface area (Å²) in [5.74, 6) is 5.05. The number of carbonyl (C=O) groups excluding carboxylic acids is 1. The van der Waals surface area contributed by atoms with Crippen molar-refractivity contribution in [2.75, 3.05) is 13.6 Å². The van der Waals surface area contributed by atoms with E-state index < -0.39 is 31.6 Å². The summed E-state index contributed by atoms with van der Waals surface area (Å²) in [5, 5.41) is 9.17. The van der Waals surface area contributed by atoms with Gasteiger partial charge in [-0.15, -0.1) is 0 Å². The van der Waals surface area contributed by atoms with E-state index in [0.717, 1.165) is 4.90 Å². The summed E-state index contributed by atoms with van der Waals surface area (Å²) < 4.78 is 56.0. The van der Waals surface area contributed by atoms with Gasteiger partial charge in [0.05, 0.1) is 23.1 Å². The molecule has 5 rings (SSSR count). The molecule has 1 aromatic heterocycles. The summed E-state index contributed by atoms with van der Waals surface area (Å²) in [7, 11) is 0. The van der Waals surface area contributed by atoms with Gasteiger partial charge < -0.3 is 19.3 Å². The van der Waals surface area contributed by atoms with Crippen LogP contribution in [0, 0.1) is 11.8 Å². The Hall–Kier alpha value is -3.44. The zero-order valence-corrected chi connectivity index (χ0v) is 15.5. The maximum absolute atomic E-state index is 13.4. The Bertz CT molecular complexity index is 1340. The van der Waals surface area contributed by atoms with Crippen molar-refractivity contribution in [1.29, 1.82) is 0 Å². The van der Waals surface area contributed by atoms with Crippen molar-refractivity contribution in [3.8, 4) is 17.6 Å². The molecule has 1 N–H and O–H groups in total. The first-order valence-electron chi connectivity index (χ1n) is 10.7. The first-order valence-corrected chi connectivity index (χ1v) is 9.23. The Kier molecular flexibility index (Phi) is 3.50. The van der Waals surface area contributed by atoms with Gasteiger partial charge in [-0.3, -0.25) is 4.79 Å². The molecule has 3 heterocycles. The fourth-order valence-corrected chi connectivity index (χ4v) is 4.35. The number of hydrogen-bond acceptors (Lipinski definition) is 4. The second kappa shape index (κ2) is 6.82. The van der Waals surface area contributed by atoms with Gasteiger partial charge in [0, 0.05) is 40.3 Å². The molecule has 2 aromatic carbocycles. The van der Waals surface area contributed by atoms with Crippen molar-refractivity contribution in [2.24, 2.45) is 0 Å². The molecule has 0 saturated heterocycles. The lowest BCUT2D eigenvalue weighted by atomic mass is 9.93. The Morgan fingerprint density at radius 3 is 3.00 bits per heavy atom. The largest absolute Gasteiger partial charge is 0.435 e. The Morgan fingerprint density at radius 2 is 2.23 bits per heavy atom. The second-order valence-electron chi connectivity index (χ2n) is 7.04. The Labute approximate surface area is 174 Å². The lowest BCUT2D eigenvalue weighted by molar-refractivity contribution is -0.0497. The molecule has 2 aliphatic rings. The monoisotopic (exact) mass is 412 g/mol. The van der Waals surface area contributed by atoms with E-state index in [2.05, 4.69) is 21.6 Å². The molecule has 1 amide bonds. The van der Waals surface area contributed by atoms with E-state index >= 15 is 0 Å². The molecular formula is C22H17F2N3O3. The number of carbonyl (C=O) groups is 1. The minimum absolute atomic E-state index is 0.0585. The van der Waals surface area contributed by atoms with Gasteiger partial charge >= 0.3 is 6.61 Å². The van der Waals surface area contributed by atoms with Crippen LogP contribution in [0.4, 0.5) is 8.78 Å². The number of benzene rings is 2. The number of ether oxygens (including phenoxy) is 1. The number of alkyl halides is 2. The van der Waals surface area contributed by atoms with Crippen LogP contribution in [0.5, 0.6) is 5.75 Å². The molecule has 2 bridgehead atoms. The number of rotatable bonds is 2. The standard InChI is InChI=1S/C22H17F2N3O3/c1-26-18-11-17(19-12(5-3-9-28)4-2-6-14(19)21(26)29)27-16-10-13(30-22(23)24)7-8-15(16)25-20(18)27/h2,4,6-8,10,17-18,22,28H,9,11H2,1H3/t17-,18-/m1/s1/i1D3. The Balaban J connectivity index is 1.81. The normalized spacial score (nSPS) is 21.3. The molecule has 2 aliphatic heterocycles. The van der Waals surface area contributed by atoms with Gasteiger partial charge in [0.1, 0.15) is 18.2 Å². The lowest BCUT2D eigenvalue weighted by Gasteiger charge is -2.24. The fourth-order valence-electron chi connectivity index (χ4n) is 4.35. The van der Waals surface area contributed by atoms with Crippen molar-refractivity contribution in [3.05, 3.63) is 58.9 Å². The fraction of sp³-hybridized carbons (Fsp3) is 0.273. The lowest BCUT2D eigenvalue weighted by Crippen LogP contribution is -2.30. The molecule has 0 spiro atoms. The molecule has 0 radical (unpaired) electrons. The van der Waals surface area contributed by atoms with Crippen LogP contribution in [-0.4, -0.2) is 45.7 Å². The number of fused-ring (bicyclic) bond motifs is 9. The van der Waals surface area contributed by atoms with Crippen molar-refractivity contribution in [3.63, 3.8) is 0 Å². The van der Waals surface area contributed by atoms with Gasteiger partial charge in [-0.2, -0.15) is 8.78 Å². The van der Waals surface area contributed by atoms with Crippen molar-refractivity contribution >= 4 is 16.9 Å². The highest BCUT2D eigenvalue weighted by molar-refractivity contribution is 5.97. The number of aliphatic hydroxyl groups is 1. The number of imidazole rings is 1. The van der Waals surface area contributed by atoms with Gasteiger partial charge in [0.2, 0.25) is 0 Å². The molecule has 2 atom stereocenters. The Morgan fingerprint density at radius 1 is 1.37 bits per heavy atom. The first kappa shape index (κ1) is 15.4. The number of amides is 1. The van der Waals surface area contributed by atoms with Crippen LogP contribution >= 0.6 is 0 Å². The van der Waals surface area contributed by atoms with E-state index in [4.69, 9.17) is 4.11 Å². The van der Waals surface area contributed by atoms with Gasteiger partial charge in [-0.25, -0.2) is 4.98 Å². The summed E-state index contributed by atoms with van der Waals surface area (Å²) in [6.45, 7) is -6.13. The van der Waals surface area contributed by atoms with Crippen LogP contribution in [-0.2, 0) is 0 Å². The SMILES string of the molecule is [2H]C([2H])([2H])N1C(=O)c2cccc(C#CCO)c2[C@H]2C[C@@H]1c1nc3ccc(OC(F)F)cc3n12. The molecule has 8 heteroatoms. The maximum Gasteiger partial charge on any atom is 0.387 e. The predicted octanol–water partition coefficient (Wildman–Crippen LogP) is 3.10. The van der Waals surface area contributed by atoms with Crippen LogP contribution < -0.4 is 4.74 Å². The molecule has 0 unspecified atom stereocenters. The second-order valence-corrected chi connectivity index (χ2v) is 7.04. The number of aliphatic hydroxyl groups excluding tert-OH is 1. The van der Waals surface area contributed by atoms with E-state index in [9.17, 15) is 18.7 Å². The summed E-state index contributed by atoms with van der Waals surface area (Å²) in [6.07, 6.45) is 0.229. The van der Waals surface area contributed by atoms with Gasteiger partial charge in [-0.1, -0.05) is 17.9 Å². The smallest absolute Gasteiger partial charge is 0.387 e. The van der Waals surface area contributed by atoms with E-state index in [0.29, 0.717) is 28.0 Å². The molecule has 0 aliphatic carbocycles. The zero-order valence-electron chi connectivity index (χ0n) is 18.5. The molecule has 6 nitrogen and oxygen atoms in total. The number of aromatic nitrogens is 2. The highest BCUT2D eigenvalue weighted by Gasteiger charge is 2.44. The third-order valence-corrected chi connectivity index (χ3v) is 5.47. The van der Waals surface area contributed by atoms with Crippen LogP contribution in [0.25, 0.3) is 11.0 Å². The third-order valence-electron chi connectivity index (χ3n) is 5.47. The zero-order chi connectivity index (χ0) is 23.5. The summed E-state index contributed by atoms with van der Waals surface area (Å²) in [4.78, 5) is 18.8. The maximum atomic E-state index is 13.4. The minimum atomic E-state index is -3.00.